The lowest BCUT2D eigenvalue weighted by Crippen LogP contribution is -2.28. The topological polar surface area (TPSA) is 47.4 Å². The Morgan fingerprint density at radius 3 is 2.75 bits per heavy atom. The first-order valence-electron chi connectivity index (χ1n) is 7.03. The van der Waals surface area contributed by atoms with Crippen molar-refractivity contribution in [2.24, 2.45) is 0 Å². The third-order valence-electron chi connectivity index (χ3n) is 3.00. The molecule has 1 atom stereocenters. The molecule has 0 N–H and O–H groups in total. The summed E-state index contributed by atoms with van der Waals surface area (Å²) in [6.07, 6.45) is 2.68. The van der Waals surface area contributed by atoms with Crippen LogP contribution in [0.2, 0.25) is 5.02 Å². The van der Waals surface area contributed by atoms with E-state index in [1.807, 2.05) is 32.8 Å². The van der Waals surface area contributed by atoms with Crippen LogP contribution in [0.25, 0.3) is 0 Å². The molecule has 1 unspecified atom stereocenters. The van der Waals surface area contributed by atoms with Crippen LogP contribution >= 0.6 is 11.6 Å². The van der Waals surface area contributed by atoms with Gasteiger partial charge >= 0.3 is 0 Å². The molecule has 0 aliphatic rings. The van der Waals surface area contributed by atoms with Crippen LogP contribution in [0.15, 0.2) is 6.20 Å². The van der Waals surface area contributed by atoms with Crippen LogP contribution in [0.5, 0.6) is 0 Å². The number of ether oxygens (including phenoxy) is 1. The Morgan fingerprint density at radius 1 is 1.50 bits per heavy atom. The molecule has 1 aromatic rings. The smallest absolute Gasteiger partial charge is 0.211 e. The second-order valence-electron chi connectivity index (χ2n) is 4.96. The van der Waals surface area contributed by atoms with Crippen LogP contribution in [0.3, 0.4) is 0 Å². The van der Waals surface area contributed by atoms with Crippen molar-refractivity contribution in [1.29, 1.82) is 0 Å². The van der Waals surface area contributed by atoms with Crippen molar-refractivity contribution < 1.29 is 9.53 Å². The van der Waals surface area contributed by atoms with Crippen molar-refractivity contribution in [1.82, 2.24) is 14.7 Å². The Kier molecular flexibility index (Phi) is 7.19. The first-order chi connectivity index (χ1) is 9.51. The Balaban J connectivity index is 2.92. The van der Waals surface area contributed by atoms with Crippen molar-refractivity contribution in [2.45, 2.75) is 39.3 Å². The Morgan fingerprint density at radius 2 is 2.20 bits per heavy atom. The molecule has 0 amide bonds. The zero-order valence-corrected chi connectivity index (χ0v) is 13.5. The minimum absolute atomic E-state index is 0.0741. The molecular formula is C14H24ClN3O2. The first kappa shape index (κ1) is 17.1. The van der Waals surface area contributed by atoms with Gasteiger partial charge < -0.3 is 9.64 Å². The SMILES string of the molecule is CCCC(OCC)C(=O)c1c(Cl)cnn1CCN(C)C. The minimum Gasteiger partial charge on any atom is -0.370 e. The molecule has 20 heavy (non-hydrogen) atoms. The fraction of sp³-hybridized carbons (Fsp3) is 0.714. The maximum absolute atomic E-state index is 12.6. The first-order valence-corrected chi connectivity index (χ1v) is 7.40. The average Bonchev–Trinajstić information content (AvgIpc) is 2.76. The van der Waals surface area contributed by atoms with Crippen molar-refractivity contribution in [2.75, 3.05) is 27.2 Å². The number of carbonyl (C=O) groups excluding carboxylic acids is 1. The van der Waals surface area contributed by atoms with E-state index in [0.29, 0.717) is 30.3 Å². The zero-order chi connectivity index (χ0) is 15.1. The molecule has 0 spiro atoms. The summed E-state index contributed by atoms with van der Waals surface area (Å²) >= 11 is 6.13. The molecule has 1 heterocycles. The third kappa shape index (κ3) is 4.58. The number of likely N-dealkylation sites (N-methyl/N-ethyl adjacent to an activating group) is 1. The van der Waals surface area contributed by atoms with Crippen LogP contribution in [-0.2, 0) is 11.3 Å². The van der Waals surface area contributed by atoms with E-state index in [1.54, 1.807) is 4.68 Å². The molecular weight excluding hydrogens is 278 g/mol. The lowest BCUT2D eigenvalue weighted by atomic mass is 10.1. The van der Waals surface area contributed by atoms with E-state index < -0.39 is 6.10 Å². The third-order valence-corrected chi connectivity index (χ3v) is 3.27. The normalized spacial score (nSPS) is 12.9. The van der Waals surface area contributed by atoms with Gasteiger partial charge in [-0.25, -0.2) is 0 Å². The largest absolute Gasteiger partial charge is 0.370 e. The van der Waals surface area contributed by atoms with E-state index in [1.165, 1.54) is 6.20 Å². The minimum atomic E-state index is -0.433. The van der Waals surface area contributed by atoms with E-state index in [0.717, 1.165) is 13.0 Å². The zero-order valence-electron chi connectivity index (χ0n) is 12.7. The van der Waals surface area contributed by atoms with E-state index in [4.69, 9.17) is 16.3 Å². The number of carbonyl (C=O) groups is 1. The van der Waals surface area contributed by atoms with Crippen LogP contribution in [0, 0.1) is 0 Å². The van der Waals surface area contributed by atoms with Crippen LogP contribution in [-0.4, -0.2) is 53.8 Å². The van der Waals surface area contributed by atoms with Crippen molar-refractivity contribution >= 4 is 17.4 Å². The lowest BCUT2D eigenvalue weighted by Gasteiger charge is -2.17. The number of rotatable bonds is 9. The van der Waals surface area contributed by atoms with E-state index >= 15 is 0 Å². The highest BCUT2D eigenvalue weighted by molar-refractivity contribution is 6.33. The van der Waals surface area contributed by atoms with Gasteiger partial charge in [0.05, 0.1) is 17.8 Å². The van der Waals surface area contributed by atoms with Gasteiger partial charge in [-0.2, -0.15) is 5.10 Å². The summed E-state index contributed by atoms with van der Waals surface area (Å²) in [6, 6.07) is 0. The molecule has 0 radical (unpaired) electrons. The molecule has 0 bridgehead atoms. The second-order valence-corrected chi connectivity index (χ2v) is 5.37. The number of nitrogens with zero attached hydrogens (tertiary/aromatic N) is 3. The van der Waals surface area contributed by atoms with Crippen LogP contribution in [0.1, 0.15) is 37.2 Å². The molecule has 6 heteroatoms. The highest BCUT2D eigenvalue weighted by Crippen LogP contribution is 2.20. The summed E-state index contributed by atoms with van der Waals surface area (Å²) in [4.78, 5) is 14.6. The maximum atomic E-state index is 12.6. The van der Waals surface area contributed by atoms with Gasteiger partial charge in [0.25, 0.3) is 0 Å². The van der Waals surface area contributed by atoms with Gasteiger partial charge in [-0.1, -0.05) is 24.9 Å². The molecule has 5 nitrogen and oxygen atoms in total. The van der Waals surface area contributed by atoms with Crippen LogP contribution in [0.4, 0.5) is 0 Å². The standard InChI is InChI=1S/C14H24ClN3O2/c1-5-7-12(20-6-2)14(19)13-11(15)10-16-18(13)9-8-17(3)4/h10,12H,5-9H2,1-4H3. The highest BCUT2D eigenvalue weighted by atomic mass is 35.5. The number of aromatic nitrogens is 2. The summed E-state index contributed by atoms with van der Waals surface area (Å²) in [7, 11) is 3.96. The fourth-order valence-corrected chi connectivity index (χ4v) is 2.21. The van der Waals surface area contributed by atoms with Crippen molar-refractivity contribution in [3.8, 4) is 0 Å². The highest BCUT2D eigenvalue weighted by Gasteiger charge is 2.25. The number of halogens is 1. The van der Waals surface area contributed by atoms with Gasteiger partial charge in [0, 0.05) is 13.2 Å². The fourth-order valence-electron chi connectivity index (χ4n) is 1.98. The Bertz CT molecular complexity index is 426. The van der Waals surface area contributed by atoms with Crippen LogP contribution < -0.4 is 0 Å². The second kappa shape index (κ2) is 8.39. The van der Waals surface area contributed by atoms with Gasteiger partial charge in [0.15, 0.2) is 0 Å². The van der Waals surface area contributed by atoms with E-state index in [-0.39, 0.29) is 5.78 Å². The van der Waals surface area contributed by atoms with E-state index in [2.05, 4.69) is 5.10 Å². The van der Waals surface area contributed by atoms with Gasteiger partial charge in [0.2, 0.25) is 5.78 Å². The van der Waals surface area contributed by atoms with Gasteiger partial charge in [0.1, 0.15) is 11.8 Å². The molecule has 0 saturated heterocycles. The molecule has 0 fully saturated rings. The molecule has 1 aromatic heterocycles. The predicted molar refractivity (Wildman–Crippen MR) is 80.4 cm³/mol. The van der Waals surface area contributed by atoms with Gasteiger partial charge in [-0.05, 0) is 27.4 Å². The number of ketones is 1. The van der Waals surface area contributed by atoms with E-state index in [9.17, 15) is 4.79 Å². The summed E-state index contributed by atoms with van der Waals surface area (Å²) in [5.74, 6) is -0.0741. The number of hydrogen-bond acceptors (Lipinski definition) is 4. The summed E-state index contributed by atoms with van der Waals surface area (Å²) < 4.78 is 7.22. The van der Waals surface area contributed by atoms with Gasteiger partial charge in [-0.3, -0.25) is 9.48 Å². The quantitative estimate of drug-likeness (QED) is 0.658. The number of Topliss-reactive ketones (excluding diaryl/α,β-unsaturated/α-hetero) is 1. The molecule has 0 aliphatic heterocycles. The number of hydrogen-bond donors (Lipinski definition) is 0. The molecule has 0 aromatic carbocycles. The average molecular weight is 302 g/mol. The van der Waals surface area contributed by atoms with Crippen molar-refractivity contribution in [3.63, 3.8) is 0 Å². The van der Waals surface area contributed by atoms with Crippen molar-refractivity contribution in [3.05, 3.63) is 16.9 Å². The maximum Gasteiger partial charge on any atom is 0.211 e. The summed E-state index contributed by atoms with van der Waals surface area (Å²) in [5, 5.41) is 4.59. The molecule has 1 rings (SSSR count). The molecule has 0 aliphatic carbocycles. The molecule has 0 saturated carbocycles. The summed E-state index contributed by atoms with van der Waals surface area (Å²) in [6.45, 7) is 5.86. The Labute approximate surface area is 125 Å². The lowest BCUT2D eigenvalue weighted by molar-refractivity contribution is 0.0413. The predicted octanol–water partition coefficient (Wildman–Crippen LogP) is 2.49. The molecule has 114 valence electrons. The monoisotopic (exact) mass is 301 g/mol. The van der Waals surface area contributed by atoms with Gasteiger partial charge in [-0.15, -0.1) is 0 Å². The summed E-state index contributed by atoms with van der Waals surface area (Å²) in [5.41, 5.74) is 0.459. The Hall–Kier alpha value is -0.910.